The molecule has 2 N–H and O–H groups in total. The SMILES string of the molecule is Cc1c(CN)cnn1-c1ccc(Cl)nn1. The molecule has 15 heavy (non-hydrogen) atoms. The third-order valence-corrected chi connectivity index (χ3v) is 2.37. The molecule has 5 nitrogen and oxygen atoms in total. The summed E-state index contributed by atoms with van der Waals surface area (Å²) in [6, 6.07) is 3.43. The Bertz CT molecular complexity index is 462. The highest BCUT2D eigenvalue weighted by molar-refractivity contribution is 6.29. The largest absolute Gasteiger partial charge is 0.326 e. The van der Waals surface area contributed by atoms with Gasteiger partial charge in [0, 0.05) is 17.8 Å². The third kappa shape index (κ3) is 1.84. The molecule has 2 aromatic rings. The lowest BCUT2D eigenvalue weighted by Crippen LogP contribution is -2.04. The number of nitrogens with two attached hydrogens (primary N) is 1. The van der Waals surface area contributed by atoms with Crippen molar-refractivity contribution in [3.05, 3.63) is 34.7 Å². The van der Waals surface area contributed by atoms with Crippen LogP contribution in [0, 0.1) is 6.92 Å². The summed E-state index contributed by atoms with van der Waals surface area (Å²) in [6.07, 6.45) is 1.73. The highest BCUT2D eigenvalue weighted by Gasteiger charge is 2.07. The van der Waals surface area contributed by atoms with Crippen molar-refractivity contribution in [1.29, 1.82) is 0 Å². The lowest BCUT2D eigenvalue weighted by atomic mass is 10.3. The van der Waals surface area contributed by atoms with Gasteiger partial charge < -0.3 is 5.73 Å². The van der Waals surface area contributed by atoms with E-state index in [1.54, 1.807) is 23.0 Å². The monoisotopic (exact) mass is 223 g/mol. The minimum atomic E-state index is 0.364. The van der Waals surface area contributed by atoms with E-state index in [4.69, 9.17) is 17.3 Å². The standard InChI is InChI=1S/C9H10ClN5/c1-6-7(4-11)5-12-15(6)9-3-2-8(10)13-14-9/h2-3,5H,4,11H2,1H3. The second-order valence-corrected chi connectivity index (χ2v) is 3.47. The molecule has 0 saturated carbocycles. The van der Waals surface area contributed by atoms with Crippen LogP contribution in [0.4, 0.5) is 0 Å². The van der Waals surface area contributed by atoms with E-state index in [-0.39, 0.29) is 0 Å². The quantitative estimate of drug-likeness (QED) is 0.827. The van der Waals surface area contributed by atoms with Crippen LogP contribution in [0.1, 0.15) is 11.3 Å². The molecule has 78 valence electrons. The van der Waals surface area contributed by atoms with Crippen LogP contribution in [0.2, 0.25) is 5.15 Å². The lowest BCUT2D eigenvalue weighted by molar-refractivity contribution is 0.788. The predicted octanol–water partition coefficient (Wildman–Crippen LogP) is 1.08. The maximum Gasteiger partial charge on any atom is 0.176 e. The first-order valence-corrected chi connectivity index (χ1v) is 4.83. The normalized spacial score (nSPS) is 10.6. The molecule has 0 aromatic carbocycles. The van der Waals surface area contributed by atoms with Crippen LogP contribution in [0.25, 0.3) is 5.82 Å². The van der Waals surface area contributed by atoms with Gasteiger partial charge in [-0.2, -0.15) is 5.10 Å². The van der Waals surface area contributed by atoms with Gasteiger partial charge in [0.1, 0.15) is 0 Å². The topological polar surface area (TPSA) is 69.6 Å². The minimum Gasteiger partial charge on any atom is -0.326 e. The first-order chi connectivity index (χ1) is 7.22. The van der Waals surface area contributed by atoms with E-state index in [0.29, 0.717) is 17.5 Å². The van der Waals surface area contributed by atoms with Crippen molar-refractivity contribution in [2.24, 2.45) is 5.73 Å². The average Bonchev–Trinajstić information content (AvgIpc) is 2.61. The summed E-state index contributed by atoms with van der Waals surface area (Å²) in [6.45, 7) is 2.40. The fraction of sp³-hybridized carbons (Fsp3) is 0.222. The Morgan fingerprint density at radius 1 is 1.40 bits per heavy atom. The highest BCUT2D eigenvalue weighted by Crippen LogP contribution is 2.12. The molecule has 0 radical (unpaired) electrons. The molecule has 0 aliphatic carbocycles. The minimum absolute atomic E-state index is 0.364. The number of halogens is 1. The van der Waals surface area contributed by atoms with Crippen LogP contribution in [0.15, 0.2) is 18.3 Å². The van der Waals surface area contributed by atoms with Gasteiger partial charge in [0.05, 0.1) is 6.20 Å². The van der Waals surface area contributed by atoms with Crippen molar-refractivity contribution < 1.29 is 0 Å². The van der Waals surface area contributed by atoms with Gasteiger partial charge in [-0.3, -0.25) is 0 Å². The third-order valence-electron chi connectivity index (χ3n) is 2.17. The van der Waals surface area contributed by atoms with E-state index in [2.05, 4.69) is 15.3 Å². The maximum atomic E-state index is 5.65. The molecule has 0 spiro atoms. The summed E-state index contributed by atoms with van der Waals surface area (Å²) in [5, 5.41) is 12.2. The van der Waals surface area contributed by atoms with E-state index < -0.39 is 0 Å². The van der Waals surface area contributed by atoms with Crippen molar-refractivity contribution in [1.82, 2.24) is 20.0 Å². The van der Waals surface area contributed by atoms with Gasteiger partial charge in [0.15, 0.2) is 11.0 Å². The van der Waals surface area contributed by atoms with Crippen LogP contribution < -0.4 is 5.73 Å². The Morgan fingerprint density at radius 2 is 2.20 bits per heavy atom. The maximum absolute atomic E-state index is 5.65. The van der Waals surface area contributed by atoms with E-state index in [0.717, 1.165) is 11.3 Å². The fourth-order valence-electron chi connectivity index (χ4n) is 1.30. The number of hydrogen-bond acceptors (Lipinski definition) is 4. The van der Waals surface area contributed by atoms with Crippen LogP contribution >= 0.6 is 11.6 Å². The van der Waals surface area contributed by atoms with Crippen LogP contribution in [0.3, 0.4) is 0 Å². The highest BCUT2D eigenvalue weighted by atomic mass is 35.5. The molecule has 2 aromatic heterocycles. The molecule has 0 saturated heterocycles. The Labute approximate surface area is 91.9 Å². The zero-order valence-corrected chi connectivity index (χ0v) is 8.94. The number of aromatic nitrogens is 4. The molecular formula is C9H10ClN5. The van der Waals surface area contributed by atoms with E-state index in [1.165, 1.54) is 0 Å². The Balaban J connectivity index is 2.45. The van der Waals surface area contributed by atoms with Gasteiger partial charge in [-0.1, -0.05) is 11.6 Å². The number of rotatable bonds is 2. The van der Waals surface area contributed by atoms with Crippen molar-refractivity contribution in [3.63, 3.8) is 0 Å². The van der Waals surface area contributed by atoms with Crippen LogP contribution in [-0.4, -0.2) is 20.0 Å². The summed E-state index contributed by atoms with van der Waals surface area (Å²) in [5.41, 5.74) is 7.51. The summed E-state index contributed by atoms with van der Waals surface area (Å²) in [5.74, 6) is 0.636. The van der Waals surface area contributed by atoms with Gasteiger partial charge in [-0.15, -0.1) is 10.2 Å². The molecule has 2 rings (SSSR count). The van der Waals surface area contributed by atoms with Gasteiger partial charge >= 0.3 is 0 Å². The van der Waals surface area contributed by atoms with Crippen molar-refractivity contribution in [2.75, 3.05) is 0 Å². The Morgan fingerprint density at radius 3 is 2.73 bits per heavy atom. The molecule has 0 aliphatic heterocycles. The van der Waals surface area contributed by atoms with Crippen molar-refractivity contribution in [2.45, 2.75) is 13.5 Å². The van der Waals surface area contributed by atoms with Gasteiger partial charge in [-0.05, 0) is 19.1 Å². The fourth-order valence-corrected chi connectivity index (χ4v) is 1.40. The zero-order valence-electron chi connectivity index (χ0n) is 8.18. The molecule has 0 amide bonds. The van der Waals surface area contributed by atoms with Gasteiger partial charge in [-0.25, -0.2) is 4.68 Å². The lowest BCUT2D eigenvalue weighted by Gasteiger charge is -2.02. The molecule has 0 fully saturated rings. The molecule has 0 atom stereocenters. The Hall–Kier alpha value is -1.46. The summed E-state index contributed by atoms with van der Waals surface area (Å²) >= 11 is 5.65. The first kappa shape index (κ1) is 10.1. The van der Waals surface area contributed by atoms with E-state index >= 15 is 0 Å². The Kier molecular flexibility index (Phi) is 2.66. The van der Waals surface area contributed by atoms with Crippen molar-refractivity contribution >= 4 is 11.6 Å². The zero-order chi connectivity index (χ0) is 10.8. The van der Waals surface area contributed by atoms with E-state index in [1.807, 2.05) is 6.92 Å². The summed E-state index contributed by atoms with van der Waals surface area (Å²) in [4.78, 5) is 0. The predicted molar refractivity (Wildman–Crippen MR) is 56.8 cm³/mol. The molecule has 2 heterocycles. The number of nitrogens with zero attached hydrogens (tertiary/aromatic N) is 4. The number of hydrogen-bond donors (Lipinski definition) is 1. The second-order valence-electron chi connectivity index (χ2n) is 3.09. The second kappa shape index (κ2) is 3.96. The van der Waals surface area contributed by atoms with E-state index in [9.17, 15) is 0 Å². The van der Waals surface area contributed by atoms with Gasteiger partial charge in [0.25, 0.3) is 0 Å². The molecular weight excluding hydrogens is 214 g/mol. The van der Waals surface area contributed by atoms with Gasteiger partial charge in [0.2, 0.25) is 0 Å². The molecule has 0 aliphatic rings. The van der Waals surface area contributed by atoms with Crippen LogP contribution in [-0.2, 0) is 6.54 Å². The van der Waals surface area contributed by atoms with Crippen molar-refractivity contribution in [3.8, 4) is 5.82 Å². The smallest absolute Gasteiger partial charge is 0.176 e. The average molecular weight is 224 g/mol. The molecule has 6 heteroatoms. The summed E-state index contributed by atoms with van der Waals surface area (Å²) in [7, 11) is 0. The molecule has 0 bridgehead atoms. The summed E-state index contributed by atoms with van der Waals surface area (Å²) < 4.78 is 1.69. The van der Waals surface area contributed by atoms with Crippen LogP contribution in [0.5, 0.6) is 0 Å². The molecule has 0 unspecified atom stereocenters. The first-order valence-electron chi connectivity index (χ1n) is 4.45.